The van der Waals surface area contributed by atoms with Crippen molar-refractivity contribution in [1.29, 1.82) is 0 Å². The van der Waals surface area contributed by atoms with E-state index in [-0.39, 0.29) is 11.0 Å². The number of thiocarbonyl (C=S) groups is 1. The Balaban J connectivity index is 2.58. The molecular weight excluding hydrogens is 234 g/mol. The zero-order chi connectivity index (χ0) is 13.1. The Morgan fingerprint density at radius 2 is 2.24 bits per heavy atom. The molecule has 0 radical (unpaired) electrons. The molecular formula is C12H19N3OS. The van der Waals surface area contributed by atoms with Gasteiger partial charge in [-0.15, -0.1) is 0 Å². The lowest BCUT2D eigenvalue weighted by Gasteiger charge is -2.22. The minimum absolute atomic E-state index is 0.00867. The monoisotopic (exact) mass is 253 g/mol. The number of aromatic nitrogens is 2. The van der Waals surface area contributed by atoms with Gasteiger partial charge in [0.05, 0.1) is 11.3 Å². The normalized spacial score (nSPS) is 11.5. The number of rotatable bonds is 5. The van der Waals surface area contributed by atoms with E-state index in [2.05, 4.69) is 4.98 Å². The predicted octanol–water partition coefficient (Wildman–Crippen LogP) is 1.64. The summed E-state index contributed by atoms with van der Waals surface area (Å²) in [6, 6.07) is 1.54. The van der Waals surface area contributed by atoms with E-state index in [4.69, 9.17) is 18.0 Å². The molecule has 0 saturated carbocycles. The van der Waals surface area contributed by atoms with Crippen molar-refractivity contribution in [3.05, 3.63) is 28.4 Å². The van der Waals surface area contributed by atoms with Crippen LogP contribution in [0.25, 0.3) is 0 Å². The SMILES string of the molecule is Cc1cc(=O)n(CCCC(C)(C)C(N)=S)cn1. The Morgan fingerprint density at radius 1 is 1.59 bits per heavy atom. The van der Waals surface area contributed by atoms with E-state index in [1.54, 1.807) is 17.0 Å². The summed E-state index contributed by atoms with van der Waals surface area (Å²) in [4.78, 5) is 16.2. The van der Waals surface area contributed by atoms with Gasteiger partial charge in [-0.2, -0.15) is 0 Å². The fourth-order valence-corrected chi connectivity index (χ4v) is 1.60. The van der Waals surface area contributed by atoms with Crippen molar-refractivity contribution in [3.8, 4) is 0 Å². The van der Waals surface area contributed by atoms with Crippen molar-refractivity contribution in [3.63, 3.8) is 0 Å². The fraction of sp³-hybridized carbons (Fsp3) is 0.583. The lowest BCUT2D eigenvalue weighted by Crippen LogP contribution is -2.30. The molecule has 0 amide bonds. The van der Waals surface area contributed by atoms with Crippen LogP contribution in [0.5, 0.6) is 0 Å². The minimum atomic E-state index is -0.156. The van der Waals surface area contributed by atoms with Crippen LogP contribution in [0, 0.1) is 12.3 Å². The highest BCUT2D eigenvalue weighted by atomic mass is 32.1. The highest BCUT2D eigenvalue weighted by Gasteiger charge is 2.20. The molecule has 0 bridgehead atoms. The second-order valence-electron chi connectivity index (χ2n) is 4.91. The molecule has 4 nitrogen and oxygen atoms in total. The van der Waals surface area contributed by atoms with E-state index in [1.807, 2.05) is 20.8 Å². The van der Waals surface area contributed by atoms with Gasteiger partial charge in [0.15, 0.2) is 0 Å². The average Bonchev–Trinajstić information content (AvgIpc) is 2.21. The molecule has 5 heteroatoms. The van der Waals surface area contributed by atoms with Gasteiger partial charge in [-0.1, -0.05) is 26.1 Å². The van der Waals surface area contributed by atoms with E-state index in [1.165, 1.54) is 0 Å². The van der Waals surface area contributed by atoms with Crippen LogP contribution in [0.15, 0.2) is 17.2 Å². The van der Waals surface area contributed by atoms with Crippen molar-refractivity contribution < 1.29 is 0 Å². The maximum Gasteiger partial charge on any atom is 0.253 e. The van der Waals surface area contributed by atoms with Crippen LogP contribution in [0.3, 0.4) is 0 Å². The average molecular weight is 253 g/mol. The first-order valence-corrected chi connectivity index (χ1v) is 6.07. The van der Waals surface area contributed by atoms with E-state index >= 15 is 0 Å². The van der Waals surface area contributed by atoms with Crippen molar-refractivity contribution in [2.24, 2.45) is 11.1 Å². The van der Waals surface area contributed by atoms with Crippen molar-refractivity contribution in [2.45, 2.75) is 40.2 Å². The van der Waals surface area contributed by atoms with Gasteiger partial charge in [-0.05, 0) is 19.8 Å². The lowest BCUT2D eigenvalue weighted by atomic mass is 9.88. The van der Waals surface area contributed by atoms with Crippen LogP contribution in [0.4, 0.5) is 0 Å². The first kappa shape index (κ1) is 13.8. The number of aryl methyl sites for hydroxylation is 2. The van der Waals surface area contributed by atoms with Gasteiger partial charge >= 0.3 is 0 Å². The molecule has 94 valence electrons. The maximum absolute atomic E-state index is 11.6. The molecule has 1 aromatic rings. The van der Waals surface area contributed by atoms with Crippen LogP contribution < -0.4 is 11.3 Å². The molecule has 1 rings (SSSR count). The van der Waals surface area contributed by atoms with Crippen LogP contribution in [0.2, 0.25) is 0 Å². The van der Waals surface area contributed by atoms with E-state index in [9.17, 15) is 4.79 Å². The molecule has 0 aliphatic rings. The van der Waals surface area contributed by atoms with Gasteiger partial charge in [0.1, 0.15) is 0 Å². The van der Waals surface area contributed by atoms with Gasteiger partial charge in [-0.25, -0.2) is 4.98 Å². The third-order valence-corrected chi connectivity index (χ3v) is 3.44. The van der Waals surface area contributed by atoms with E-state index in [0.29, 0.717) is 11.5 Å². The Hall–Kier alpha value is -1.23. The lowest BCUT2D eigenvalue weighted by molar-refractivity contribution is 0.432. The molecule has 17 heavy (non-hydrogen) atoms. The summed E-state index contributed by atoms with van der Waals surface area (Å²) in [5.41, 5.74) is 6.23. The largest absolute Gasteiger partial charge is 0.393 e. The van der Waals surface area contributed by atoms with Gasteiger partial charge in [-0.3, -0.25) is 9.36 Å². The predicted molar refractivity (Wildman–Crippen MR) is 73.0 cm³/mol. The van der Waals surface area contributed by atoms with Crippen molar-refractivity contribution >= 4 is 17.2 Å². The Labute approximate surface area is 107 Å². The molecule has 0 saturated heterocycles. The van der Waals surface area contributed by atoms with Gasteiger partial charge in [0.2, 0.25) is 0 Å². The third-order valence-electron chi connectivity index (χ3n) is 2.88. The minimum Gasteiger partial charge on any atom is -0.393 e. The molecule has 2 N–H and O–H groups in total. The highest BCUT2D eigenvalue weighted by Crippen LogP contribution is 2.22. The second-order valence-corrected chi connectivity index (χ2v) is 5.35. The van der Waals surface area contributed by atoms with Crippen LogP contribution in [-0.2, 0) is 6.54 Å². The van der Waals surface area contributed by atoms with Crippen molar-refractivity contribution in [1.82, 2.24) is 9.55 Å². The number of hydrogen-bond donors (Lipinski definition) is 1. The zero-order valence-corrected chi connectivity index (χ0v) is 11.4. The van der Waals surface area contributed by atoms with E-state index in [0.717, 1.165) is 18.5 Å². The Bertz CT molecular complexity index is 465. The number of hydrogen-bond acceptors (Lipinski definition) is 3. The summed E-state index contributed by atoms with van der Waals surface area (Å²) in [6.45, 7) is 6.50. The molecule has 0 aliphatic carbocycles. The molecule has 0 fully saturated rings. The molecule has 0 aromatic carbocycles. The summed E-state index contributed by atoms with van der Waals surface area (Å²) in [6.07, 6.45) is 3.31. The molecule has 1 aromatic heterocycles. The number of nitrogens with two attached hydrogens (primary N) is 1. The first-order valence-electron chi connectivity index (χ1n) is 5.66. The third kappa shape index (κ3) is 3.93. The summed E-state index contributed by atoms with van der Waals surface area (Å²) < 4.78 is 1.61. The highest BCUT2D eigenvalue weighted by molar-refractivity contribution is 7.80. The Kier molecular flexibility index (Phi) is 4.40. The topological polar surface area (TPSA) is 60.9 Å². The maximum atomic E-state index is 11.6. The zero-order valence-electron chi connectivity index (χ0n) is 10.6. The van der Waals surface area contributed by atoms with E-state index < -0.39 is 0 Å². The Morgan fingerprint density at radius 3 is 2.76 bits per heavy atom. The second kappa shape index (κ2) is 5.40. The summed E-state index contributed by atoms with van der Waals surface area (Å²) in [5, 5.41) is 0. The van der Waals surface area contributed by atoms with Crippen molar-refractivity contribution in [2.75, 3.05) is 0 Å². The first-order chi connectivity index (χ1) is 7.83. The van der Waals surface area contributed by atoms with Gasteiger partial charge in [0.25, 0.3) is 5.56 Å². The molecule has 0 unspecified atom stereocenters. The molecule has 0 atom stereocenters. The quantitative estimate of drug-likeness (QED) is 0.810. The summed E-state index contributed by atoms with van der Waals surface area (Å²) in [7, 11) is 0. The molecule has 0 spiro atoms. The van der Waals surface area contributed by atoms with Gasteiger partial charge in [0, 0.05) is 23.7 Å². The summed E-state index contributed by atoms with van der Waals surface area (Å²) in [5.74, 6) is 0. The molecule has 0 aliphatic heterocycles. The summed E-state index contributed by atoms with van der Waals surface area (Å²) >= 11 is 5.00. The number of nitrogens with zero attached hydrogens (tertiary/aromatic N) is 2. The van der Waals surface area contributed by atoms with Crippen LogP contribution in [0.1, 0.15) is 32.4 Å². The van der Waals surface area contributed by atoms with Crippen LogP contribution in [-0.4, -0.2) is 14.5 Å². The standard InChI is InChI=1S/C12H19N3OS/c1-9-7-10(16)15(8-14-9)6-4-5-12(2,3)11(13)17/h7-8H,4-6H2,1-3H3,(H2,13,17). The fourth-order valence-electron chi connectivity index (χ4n) is 1.50. The van der Waals surface area contributed by atoms with Gasteiger partial charge < -0.3 is 5.73 Å². The smallest absolute Gasteiger partial charge is 0.253 e. The molecule has 1 heterocycles. The van der Waals surface area contributed by atoms with Crippen LogP contribution >= 0.6 is 12.2 Å².